The fourth-order valence-corrected chi connectivity index (χ4v) is 4.01. The average Bonchev–Trinajstić information content (AvgIpc) is 3.26. The fourth-order valence-electron chi connectivity index (χ4n) is 4.01. The second-order valence-corrected chi connectivity index (χ2v) is 7.63. The molecule has 0 spiro atoms. The van der Waals surface area contributed by atoms with Crippen LogP contribution in [0.3, 0.4) is 0 Å². The van der Waals surface area contributed by atoms with Crippen molar-refractivity contribution < 1.29 is 4.79 Å². The summed E-state index contributed by atoms with van der Waals surface area (Å²) in [5.74, 6) is -0.340. The number of fused-ring (bicyclic) bond motifs is 2. The number of para-hydroxylation sites is 1. The van der Waals surface area contributed by atoms with E-state index >= 15 is 0 Å². The molecule has 1 atom stereocenters. The van der Waals surface area contributed by atoms with E-state index in [1.807, 2.05) is 42.6 Å². The average molecular weight is 423 g/mol. The maximum absolute atomic E-state index is 12.7. The SMILES string of the molecule is O=C(Cn1nnc2ccccc2c1=O)NC[C@H](c1ccccc1)c1c[nH]c2ccccc12. The molecule has 3 aromatic carbocycles. The zero-order valence-electron chi connectivity index (χ0n) is 17.2. The van der Waals surface area contributed by atoms with Gasteiger partial charge >= 0.3 is 0 Å². The van der Waals surface area contributed by atoms with Gasteiger partial charge in [0.1, 0.15) is 12.1 Å². The smallest absolute Gasteiger partial charge is 0.278 e. The van der Waals surface area contributed by atoms with Crippen LogP contribution in [0, 0.1) is 0 Å². The third-order valence-corrected chi connectivity index (χ3v) is 5.62. The second-order valence-electron chi connectivity index (χ2n) is 7.63. The van der Waals surface area contributed by atoms with Gasteiger partial charge in [-0.2, -0.15) is 0 Å². The molecule has 0 aliphatic heterocycles. The van der Waals surface area contributed by atoms with Crippen LogP contribution in [0.25, 0.3) is 21.8 Å². The number of amides is 1. The molecule has 7 nitrogen and oxygen atoms in total. The standard InChI is InChI=1S/C25H21N5O2/c31-24(16-30-25(32)19-11-5-7-13-23(19)28-29-30)27-14-20(17-8-2-1-3-9-17)21-15-26-22-12-6-4-10-18(21)22/h1-13,15,20,26H,14,16H2,(H,27,31)/t20-/m1/s1. The van der Waals surface area contributed by atoms with Crippen LogP contribution in [-0.2, 0) is 11.3 Å². The molecule has 7 heteroatoms. The van der Waals surface area contributed by atoms with Gasteiger partial charge in [-0.3, -0.25) is 9.59 Å². The van der Waals surface area contributed by atoms with Crippen molar-refractivity contribution in [1.82, 2.24) is 25.3 Å². The molecule has 0 aliphatic carbocycles. The number of hydrogen-bond donors (Lipinski definition) is 2. The van der Waals surface area contributed by atoms with Crippen LogP contribution in [0.5, 0.6) is 0 Å². The fraction of sp³-hybridized carbons (Fsp3) is 0.120. The molecule has 158 valence electrons. The van der Waals surface area contributed by atoms with Gasteiger partial charge in [0.25, 0.3) is 5.56 Å². The maximum Gasteiger partial charge on any atom is 0.278 e. The van der Waals surface area contributed by atoms with Crippen molar-refractivity contribution in [2.45, 2.75) is 12.5 Å². The van der Waals surface area contributed by atoms with Gasteiger partial charge in [-0.1, -0.05) is 65.9 Å². The first-order valence-corrected chi connectivity index (χ1v) is 10.4. The van der Waals surface area contributed by atoms with Gasteiger partial charge in [0.15, 0.2) is 0 Å². The molecule has 5 rings (SSSR count). The number of nitrogens with one attached hydrogen (secondary N) is 2. The third-order valence-electron chi connectivity index (χ3n) is 5.62. The summed E-state index contributed by atoms with van der Waals surface area (Å²) in [6, 6.07) is 25.1. The number of rotatable bonds is 6. The van der Waals surface area contributed by atoms with Gasteiger partial charge in [0, 0.05) is 29.6 Å². The molecule has 0 radical (unpaired) electrons. The molecule has 5 aromatic rings. The van der Waals surface area contributed by atoms with Gasteiger partial charge in [-0.25, -0.2) is 4.68 Å². The molecule has 0 fully saturated rings. The van der Waals surface area contributed by atoms with Gasteiger partial charge < -0.3 is 10.3 Å². The van der Waals surface area contributed by atoms with Crippen molar-refractivity contribution in [2.24, 2.45) is 0 Å². The highest BCUT2D eigenvalue weighted by Gasteiger charge is 2.19. The summed E-state index contributed by atoms with van der Waals surface area (Å²) in [5.41, 5.74) is 3.43. The predicted octanol–water partition coefficient (Wildman–Crippen LogP) is 3.22. The van der Waals surface area contributed by atoms with Crippen LogP contribution >= 0.6 is 0 Å². The minimum absolute atomic E-state index is 0.0456. The molecule has 2 N–H and O–H groups in total. The lowest BCUT2D eigenvalue weighted by Crippen LogP contribution is -2.36. The lowest BCUT2D eigenvalue weighted by Gasteiger charge is -2.18. The molecule has 0 unspecified atom stereocenters. The summed E-state index contributed by atoms with van der Waals surface area (Å²) in [7, 11) is 0. The number of benzene rings is 3. The molecular weight excluding hydrogens is 402 g/mol. The highest BCUT2D eigenvalue weighted by Crippen LogP contribution is 2.30. The van der Waals surface area contributed by atoms with Crippen molar-refractivity contribution in [2.75, 3.05) is 6.54 Å². The van der Waals surface area contributed by atoms with E-state index in [9.17, 15) is 9.59 Å². The van der Waals surface area contributed by atoms with E-state index in [1.165, 1.54) is 0 Å². The molecule has 32 heavy (non-hydrogen) atoms. The zero-order chi connectivity index (χ0) is 21.9. The Morgan fingerprint density at radius 1 is 0.938 bits per heavy atom. The lowest BCUT2D eigenvalue weighted by molar-refractivity contribution is -0.121. The normalized spacial score (nSPS) is 12.1. The van der Waals surface area contributed by atoms with E-state index in [1.54, 1.807) is 24.3 Å². The summed E-state index contributed by atoms with van der Waals surface area (Å²) >= 11 is 0. The number of nitrogens with zero attached hydrogens (tertiary/aromatic N) is 3. The van der Waals surface area contributed by atoms with Gasteiger partial charge in [-0.15, -0.1) is 5.10 Å². The summed E-state index contributed by atoms with van der Waals surface area (Å²) < 4.78 is 1.10. The Balaban J connectivity index is 1.39. The first-order valence-electron chi connectivity index (χ1n) is 10.4. The van der Waals surface area contributed by atoms with Gasteiger partial charge in [0.05, 0.1) is 5.39 Å². The number of carbonyl (C=O) groups excluding carboxylic acids is 1. The van der Waals surface area contributed by atoms with Crippen molar-refractivity contribution in [3.63, 3.8) is 0 Å². The van der Waals surface area contributed by atoms with Crippen LogP contribution in [0.15, 0.2) is 89.9 Å². The first-order chi connectivity index (χ1) is 15.7. The van der Waals surface area contributed by atoms with Crippen LogP contribution < -0.4 is 10.9 Å². The summed E-state index contributed by atoms with van der Waals surface area (Å²) in [6.07, 6.45) is 1.99. The topological polar surface area (TPSA) is 92.7 Å². The van der Waals surface area contributed by atoms with Gasteiger partial charge in [0.2, 0.25) is 5.91 Å². The molecule has 0 aliphatic rings. The van der Waals surface area contributed by atoms with Gasteiger partial charge in [-0.05, 0) is 29.3 Å². The molecule has 0 bridgehead atoms. The first kappa shape index (κ1) is 19.7. The number of hydrogen-bond acceptors (Lipinski definition) is 4. The van der Waals surface area contributed by atoms with Crippen LogP contribution in [0.4, 0.5) is 0 Å². The third kappa shape index (κ3) is 3.76. The number of H-pyrrole nitrogens is 1. The molecule has 0 saturated carbocycles. The quantitative estimate of drug-likeness (QED) is 0.439. The van der Waals surface area contributed by atoms with E-state index < -0.39 is 0 Å². The number of aromatic amines is 1. The van der Waals surface area contributed by atoms with Crippen molar-refractivity contribution in [1.29, 1.82) is 0 Å². The Labute approximate surface area is 183 Å². The highest BCUT2D eigenvalue weighted by molar-refractivity contribution is 5.84. The number of aromatic nitrogens is 4. The minimum Gasteiger partial charge on any atom is -0.361 e. The molecule has 2 aromatic heterocycles. The van der Waals surface area contributed by atoms with Crippen molar-refractivity contribution in [3.05, 3.63) is 107 Å². The van der Waals surface area contributed by atoms with Crippen LogP contribution in [0.1, 0.15) is 17.0 Å². The molecular formula is C25H21N5O2. The van der Waals surface area contributed by atoms with Crippen molar-refractivity contribution >= 4 is 27.7 Å². The van der Waals surface area contributed by atoms with E-state index in [0.29, 0.717) is 17.4 Å². The van der Waals surface area contributed by atoms with E-state index in [2.05, 4.69) is 38.8 Å². The van der Waals surface area contributed by atoms with Crippen LogP contribution in [-0.4, -0.2) is 32.4 Å². The summed E-state index contributed by atoms with van der Waals surface area (Å²) in [5, 5.41) is 12.5. The van der Waals surface area contributed by atoms with Crippen molar-refractivity contribution in [3.8, 4) is 0 Å². The largest absolute Gasteiger partial charge is 0.361 e. The second kappa shape index (κ2) is 8.47. The Bertz CT molecular complexity index is 1460. The van der Waals surface area contributed by atoms with E-state index in [0.717, 1.165) is 26.7 Å². The maximum atomic E-state index is 12.7. The van der Waals surface area contributed by atoms with Crippen LogP contribution in [0.2, 0.25) is 0 Å². The Kier molecular flexibility index (Phi) is 5.21. The predicted molar refractivity (Wildman–Crippen MR) is 123 cm³/mol. The Hall–Kier alpha value is -4.26. The van der Waals surface area contributed by atoms with E-state index in [4.69, 9.17) is 0 Å². The summed E-state index contributed by atoms with van der Waals surface area (Å²) in [4.78, 5) is 28.7. The minimum atomic E-state index is -0.331. The summed E-state index contributed by atoms with van der Waals surface area (Å²) in [6.45, 7) is 0.201. The monoisotopic (exact) mass is 423 g/mol. The molecule has 0 saturated heterocycles. The molecule has 2 heterocycles. The zero-order valence-corrected chi connectivity index (χ0v) is 17.2. The lowest BCUT2D eigenvalue weighted by atomic mass is 9.91. The number of carbonyl (C=O) groups is 1. The Morgan fingerprint density at radius 2 is 1.66 bits per heavy atom. The Morgan fingerprint density at radius 3 is 2.50 bits per heavy atom. The highest BCUT2D eigenvalue weighted by atomic mass is 16.2. The van der Waals surface area contributed by atoms with E-state index in [-0.39, 0.29) is 23.9 Å². The molecule has 1 amide bonds.